The summed E-state index contributed by atoms with van der Waals surface area (Å²) in [5.74, 6) is 3.40. The molecule has 238 valence electrons. The number of ether oxygens (including phenoxy) is 1. The molecule has 4 aliphatic rings. The standard InChI is InChI=1S/C35H50Cl2N2O4/c1-22-21-35(4)25(20-31(22)41)7-10-27-28-11-12-32(34(28,3)14-13-29(27)35)43-33(42)30(38-23(2)40)19-24-5-8-26(9-6-24)39(17-15-36)18-16-37/h5-6,8-9,22,25,27-30,32H,7,10-21H2,1-4H3,(H,38,40)/t22-,25+,27-,28-,29-,30+,32-,34-,35-/m0/s1. The fourth-order valence-electron chi connectivity index (χ4n) is 9.86. The first-order chi connectivity index (χ1) is 20.5. The highest BCUT2D eigenvalue weighted by Gasteiger charge is 2.61. The van der Waals surface area contributed by atoms with E-state index in [4.69, 9.17) is 27.9 Å². The lowest BCUT2D eigenvalue weighted by Crippen LogP contribution is -2.55. The first kappa shape index (κ1) is 32.6. The summed E-state index contributed by atoms with van der Waals surface area (Å²) in [6.45, 7) is 9.81. The number of hydrogen-bond acceptors (Lipinski definition) is 5. The van der Waals surface area contributed by atoms with Crippen molar-refractivity contribution in [1.82, 2.24) is 5.32 Å². The molecule has 0 heterocycles. The van der Waals surface area contributed by atoms with Gasteiger partial charge >= 0.3 is 5.97 Å². The topological polar surface area (TPSA) is 75.7 Å². The lowest BCUT2D eigenvalue weighted by atomic mass is 9.44. The van der Waals surface area contributed by atoms with Gasteiger partial charge in [0, 0.05) is 61.6 Å². The number of nitrogens with zero attached hydrogens (tertiary/aromatic N) is 1. The van der Waals surface area contributed by atoms with Gasteiger partial charge in [-0.2, -0.15) is 0 Å². The number of nitrogens with one attached hydrogen (secondary N) is 1. The Labute approximate surface area is 268 Å². The molecular weight excluding hydrogens is 583 g/mol. The Bertz CT molecular complexity index is 1170. The highest BCUT2D eigenvalue weighted by atomic mass is 35.5. The number of ketones is 1. The maximum absolute atomic E-state index is 13.7. The van der Waals surface area contributed by atoms with Crippen LogP contribution in [0.5, 0.6) is 0 Å². The Morgan fingerprint density at radius 3 is 2.33 bits per heavy atom. The van der Waals surface area contributed by atoms with E-state index < -0.39 is 6.04 Å². The third-order valence-electron chi connectivity index (χ3n) is 12.1. The van der Waals surface area contributed by atoms with Crippen LogP contribution in [0.3, 0.4) is 0 Å². The third kappa shape index (κ3) is 6.48. The van der Waals surface area contributed by atoms with E-state index in [1.54, 1.807) is 0 Å². The number of hydrogen-bond donors (Lipinski definition) is 1. The van der Waals surface area contributed by atoms with Gasteiger partial charge in [0.2, 0.25) is 5.91 Å². The van der Waals surface area contributed by atoms with Crippen molar-refractivity contribution in [3.63, 3.8) is 0 Å². The monoisotopic (exact) mass is 632 g/mol. The Morgan fingerprint density at radius 2 is 1.67 bits per heavy atom. The molecule has 43 heavy (non-hydrogen) atoms. The van der Waals surface area contributed by atoms with Gasteiger partial charge in [-0.25, -0.2) is 4.79 Å². The second-order valence-corrected chi connectivity index (χ2v) is 15.2. The normalized spacial score (nSPS) is 35.7. The number of halogens is 2. The molecule has 0 aromatic heterocycles. The minimum Gasteiger partial charge on any atom is -0.460 e. The number of benzene rings is 1. The van der Waals surface area contributed by atoms with Gasteiger partial charge < -0.3 is 15.0 Å². The van der Waals surface area contributed by atoms with Gasteiger partial charge in [0.15, 0.2) is 0 Å². The Balaban J connectivity index is 1.26. The van der Waals surface area contributed by atoms with Crippen LogP contribution in [0, 0.1) is 40.4 Å². The number of rotatable bonds is 10. The lowest BCUT2D eigenvalue weighted by molar-refractivity contribution is -0.168. The van der Waals surface area contributed by atoms with Crippen molar-refractivity contribution in [2.75, 3.05) is 29.7 Å². The first-order valence-corrected chi connectivity index (χ1v) is 17.5. The zero-order valence-electron chi connectivity index (χ0n) is 26.4. The van der Waals surface area contributed by atoms with Gasteiger partial charge in [-0.1, -0.05) is 32.9 Å². The molecule has 4 saturated carbocycles. The number of amides is 1. The van der Waals surface area contributed by atoms with Crippen LogP contribution in [0.1, 0.15) is 84.6 Å². The minimum atomic E-state index is -0.736. The molecule has 1 amide bonds. The highest BCUT2D eigenvalue weighted by molar-refractivity contribution is 6.18. The molecule has 9 atom stereocenters. The maximum Gasteiger partial charge on any atom is 0.329 e. The van der Waals surface area contributed by atoms with Crippen molar-refractivity contribution in [2.24, 2.45) is 40.4 Å². The molecule has 1 aromatic carbocycles. The summed E-state index contributed by atoms with van der Waals surface area (Å²) in [5.41, 5.74) is 2.18. The van der Waals surface area contributed by atoms with E-state index in [0.29, 0.717) is 60.7 Å². The summed E-state index contributed by atoms with van der Waals surface area (Å²) in [7, 11) is 0. The molecule has 1 aromatic rings. The third-order valence-corrected chi connectivity index (χ3v) is 12.4. The van der Waals surface area contributed by atoms with E-state index in [9.17, 15) is 14.4 Å². The zero-order chi connectivity index (χ0) is 30.9. The quantitative estimate of drug-likeness (QED) is 0.227. The van der Waals surface area contributed by atoms with Crippen molar-refractivity contribution in [2.45, 2.75) is 97.6 Å². The number of carbonyl (C=O) groups is 3. The van der Waals surface area contributed by atoms with Gasteiger partial charge in [0.25, 0.3) is 0 Å². The summed E-state index contributed by atoms with van der Waals surface area (Å²) >= 11 is 12.0. The number of Topliss-reactive ketones (excluding diaryl/α,β-unsaturated/α-hetero) is 1. The fourth-order valence-corrected chi connectivity index (χ4v) is 10.3. The number of fused-ring (bicyclic) bond motifs is 5. The van der Waals surface area contributed by atoms with E-state index in [1.165, 1.54) is 13.3 Å². The average Bonchev–Trinajstić information content (AvgIpc) is 3.29. The smallest absolute Gasteiger partial charge is 0.329 e. The minimum absolute atomic E-state index is 0.0488. The van der Waals surface area contributed by atoms with Crippen molar-refractivity contribution < 1.29 is 19.1 Å². The molecule has 5 rings (SSSR count). The second kappa shape index (κ2) is 13.3. The van der Waals surface area contributed by atoms with Gasteiger partial charge in [0.1, 0.15) is 17.9 Å². The van der Waals surface area contributed by atoms with Gasteiger partial charge in [0.05, 0.1) is 0 Å². The summed E-state index contributed by atoms with van der Waals surface area (Å²) in [6.07, 6.45) is 8.50. The molecule has 1 N–H and O–H groups in total. The summed E-state index contributed by atoms with van der Waals surface area (Å²) < 4.78 is 6.35. The molecule has 0 unspecified atom stereocenters. The van der Waals surface area contributed by atoms with Crippen molar-refractivity contribution in [1.29, 1.82) is 0 Å². The van der Waals surface area contributed by atoms with Crippen LogP contribution < -0.4 is 10.2 Å². The van der Waals surface area contributed by atoms with Crippen LogP contribution in [-0.4, -0.2) is 54.7 Å². The number of esters is 1. The largest absolute Gasteiger partial charge is 0.460 e. The van der Waals surface area contributed by atoms with E-state index >= 15 is 0 Å². The fraction of sp³-hybridized carbons (Fsp3) is 0.743. The van der Waals surface area contributed by atoms with Crippen molar-refractivity contribution >= 4 is 46.5 Å². The molecule has 4 aliphatic carbocycles. The molecule has 0 aliphatic heterocycles. The van der Waals surface area contributed by atoms with Crippen LogP contribution in [0.4, 0.5) is 5.69 Å². The van der Waals surface area contributed by atoms with Crippen LogP contribution >= 0.6 is 23.2 Å². The summed E-state index contributed by atoms with van der Waals surface area (Å²) in [6, 6.07) is 7.29. The summed E-state index contributed by atoms with van der Waals surface area (Å²) in [4.78, 5) is 40.5. The second-order valence-electron chi connectivity index (χ2n) is 14.5. The van der Waals surface area contributed by atoms with E-state index in [1.807, 2.05) is 24.3 Å². The molecule has 6 nitrogen and oxygen atoms in total. The molecule has 4 fully saturated rings. The first-order valence-electron chi connectivity index (χ1n) is 16.5. The molecule has 8 heteroatoms. The van der Waals surface area contributed by atoms with Crippen LogP contribution in [-0.2, 0) is 25.5 Å². The van der Waals surface area contributed by atoms with E-state index in [-0.39, 0.29) is 34.7 Å². The van der Waals surface area contributed by atoms with Crippen LogP contribution in [0.25, 0.3) is 0 Å². The molecular formula is C35H50Cl2N2O4. The molecule has 0 bridgehead atoms. The highest BCUT2D eigenvalue weighted by Crippen LogP contribution is 2.66. The van der Waals surface area contributed by atoms with E-state index in [0.717, 1.165) is 56.2 Å². The van der Waals surface area contributed by atoms with Gasteiger partial charge in [-0.15, -0.1) is 23.2 Å². The number of anilines is 1. The Morgan fingerprint density at radius 1 is 1.00 bits per heavy atom. The Kier molecular flexibility index (Phi) is 10.1. The van der Waals surface area contributed by atoms with Gasteiger partial charge in [-0.3, -0.25) is 9.59 Å². The average molecular weight is 634 g/mol. The van der Waals surface area contributed by atoms with Crippen molar-refractivity contribution in [3.8, 4) is 0 Å². The number of alkyl halides is 2. The SMILES string of the molecule is CC(=O)N[C@H](Cc1ccc(N(CCCl)CCCl)cc1)C(=O)O[C@H]1CC[C@H]2[C@@H]3CC[C@@H]4CC(=O)[C@@H](C)C[C@]4(C)[C@H]3CC[C@]12C. The maximum atomic E-state index is 13.7. The number of carbonyl (C=O) groups excluding carboxylic acids is 3. The molecule has 0 saturated heterocycles. The lowest BCUT2D eigenvalue weighted by Gasteiger charge is -2.60. The molecule has 0 spiro atoms. The van der Waals surface area contributed by atoms with Crippen LogP contribution in [0.15, 0.2) is 24.3 Å². The Hall–Kier alpha value is -1.79. The van der Waals surface area contributed by atoms with Gasteiger partial charge in [-0.05, 0) is 91.7 Å². The van der Waals surface area contributed by atoms with Crippen molar-refractivity contribution in [3.05, 3.63) is 29.8 Å². The molecule has 0 radical (unpaired) electrons. The zero-order valence-corrected chi connectivity index (χ0v) is 27.9. The van der Waals surface area contributed by atoms with E-state index in [2.05, 4.69) is 31.0 Å². The summed E-state index contributed by atoms with van der Waals surface area (Å²) in [5, 5.41) is 2.87. The predicted octanol–water partition coefficient (Wildman–Crippen LogP) is 6.79. The predicted molar refractivity (Wildman–Crippen MR) is 173 cm³/mol. The van der Waals surface area contributed by atoms with Crippen LogP contribution in [0.2, 0.25) is 0 Å².